The highest BCUT2D eigenvalue weighted by Gasteiger charge is 2.23. The molecule has 1 N–H and O–H groups in total. The number of hydrogen-bond donors (Lipinski definition) is 1. The van der Waals surface area contributed by atoms with Crippen LogP contribution < -0.4 is 15.1 Å². The first-order chi connectivity index (χ1) is 14.4. The van der Waals surface area contributed by atoms with Crippen molar-refractivity contribution >= 4 is 23.0 Å². The van der Waals surface area contributed by atoms with Gasteiger partial charge < -0.3 is 15.1 Å². The SMILES string of the molecule is CC(CNC(=O)c1cc([N+](=O)[O-])ccc1N(C)C)N1CCN(c2ccccc2)CC1. The number of nitro groups is 1. The molecule has 1 amide bonds. The molecule has 2 aromatic rings. The second-order valence-corrected chi connectivity index (χ2v) is 7.77. The number of non-ortho nitro benzene ring substituents is 1. The van der Waals surface area contributed by atoms with Crippen LogP contribution in [0.15, 0.2) is 48.5 Å². The number of amides is 1. The fourth-order valence-corrected chi connectivity index (χ4v) is 3.73. The monoisotopic (exact) mass is 411 g/mol. The van der Waals surface area contributed by atoms with Gasteiger partial charge in [0.2, 0.25) is 0 Å². The van der Waals surface area contributed by atoms with Gasteiger partial charge in [-0.3, -0.25) is 19.8 Å². The van der Waals surface area contributed by atoms with Crippen LogP contribution in [0.4, 0.5) is 17.1 Å². The Morgan fingerprint density at radius 1 is 1.13 bits per heavy atom. The lowest BCUT2D eigenvalue weighted by molar-refractivity contribution is -0.384. The summed E-state index contributed by atoms with van der Waals surface area (Å²) in [5.74, 6) is -0.294. The molecule has 8 heteroatoms. The number of nitrogens with one attached hydrogen (secondary N) is 1. The number of nitrogens with zero attached hydrogens (tertiary/aromatic N) is 4. The van der Waals surface area contributed by atoms with Gasteiger partial charge >= 0.3 is 0 Å². The summed E-state index contributed by atoms with van der Waals surface area (Å²) < 4.78 is 0. The van der Waals surface area contributed by atoms with E-state index in [0.29, 0.717) is 17.8 Å². The van der Waals surface area contributed by atoms with Gasteiger partial charge in [0.1, 0.15) is 0 Å². The van der Waals surface area contributed by atoms with E-state index in [-0.39, 0.29) is 17.6 Å². The summed E-state index contributed by atoms with van der Waals surface area (Å²) in [5.41, 5.74) is 2.12. The predicted octanol–water partition coefficient (Wildman–Crippen LogP) is 2.60. The minimum Gasteiger partial charge on any atom is -0.377 e. The number of carbonyl (C=O) groups excluding carboxylic acids is 1. The first-order valence-electron chi connectivity index (χ1n) is 10.1. The Bertz CT molecular complexity index is 880. The molecule has 1 saturated heterocycles. The number of nitro benzene ring substituents is 1. The lowest BCUT2D eigenvalue weighted by Gasteiger charge is -2.39. The van der Waals surface area contributed by atoms with Gasteiger partial charge in [-0.2, -0.15) is 0 Å². The van der Waals surface area contributed by atoms with E-state index in [2.05, 4.69) is 46.3 Å². The van der Waals surface area contributed by atoms with Crippen molar-refractivity contribution in [1.82, 2.24) is 10.2 Å². The summed E-state index contributed by atoms with van der Waals surface area (Å²) in [7, 11) is 3.62. The molecule has 0 spiro atoms. The fourth-order valence-electron chi connectivity index (χ4n) is 3.73. The summed E-state index contributed by atoms with van der Waals surface area (Å²) in [4.78, 5) is 29.9. The highest BCUT2D eigenvalue weighted by atomic mass is 16.6. The van der Waals surface area contributed by atoms with Gasteiger partial charge in [0, 0.05) is 76.4 Å². The maximum absolute atomic E-state index is 12.8. The Kier molecular flexibility index (Phi) is 6.89. The first kappa shape index (κ1) is 21.6. The third kappa shape index (κ3) is 5.07. The van der Waals surface area contributed by atoms with Crippen LogP contribution in [0.3, 0.4) is 0 Å². The van der Waals surface area contributed by atoms with E-state index in [1.165, 1.54) is 17.8 Å². The van der Waals surface area contributed by atoms with Crippen LogP contribution in [0.25, 0.3) is 0 Å². The summed E-state index contributed by atoms with van der Waals surface area (Å²) in [6.45, 7) is 6.31. The van der Waals surface area contributed by atoms with Gasteiger partial charge in [-0.25, -0.2) is 0 Å². The van der Waals surface area contributed by atoms with Crippen molar-refractivity contribution in [2.75, 3.05) is 56.6 Å². The van der Waals surface area contributed by atoms with Crippen molar-refractivity contribution in [3.05, 3.63) is 64.2 Å². The molecule has 1 aliphatic rings. The molecule has 0 saturated carbocycles. The number of carbonyl (C=O) groups is 1. The fraction of sp³-hybridized carbons (Fsp3) is 0.409. The number of para-hydroxylation sites is 1. The zero-order valence-electron chi connectivity index (χ0n) is 17.7. The Balaban J connectivity index is 1.57. The summed E-state index contributed by atoms with van der Waals surface area (Å²) in [6, 6.07) is 14.9. The van der Waals surface area contributed by atoms with Crippen LogP contribution in [0.1, 0.15) is 17.3 Å². The van der Waals surface area contributed by atoms with Crippen molar-refractivity contribution < 1.29 is 9.72 Å². The minimum absolute atomic E-state index is 0.0872. The van der Waals surface area contributed by atoms with E-state index in [1.807, 2.05) is 20.2 Å². The van der Waals surface area contributed by atoms with Gasteiger partial charge in [0.15, 0.2) is 0 Å². The molecule has 0 radical (unpaired) electrons. The highest BCUT2D eigenvalue weighted by molar-refractivity contribution is 6.00. The molecule has 1 aliphatic heterocycles. The largest absolute Gasteiger partial charge is 0.377 e. The number of piperazine rings is 1. The van der Waals surface area contributed by atoms with Gasteiger partial charge in [-0.15, -0.1) is 0 Å². The maximum atomic E-state index is 12.8. The van der Waals surface area contributed by atoms with E-state index in [4.69, 9.17) is 0 Å². The molecular formula is C22H29N5O3. The van der Waals surface area contributed by atoms with Crippen LogP contribution in [0.5, 0.6) is 0 Å². The Hall–Kier alpha value is -3.13. The summed E-state index contributed by atoms with van der Waals surface area (Å²) >= 11 is 0. The molecule has 2 aromatic carbocycles. The molecule has 30 heavy (non-hydrogen) atoms. The molecular weight excluding hydrogens is 382 g/mol. The van der Waals surface area contributed by atoms with Crippen molar-refractivity contribution in [3.63, 3.8) is 0 Å². The third-order valence-electron chi connectivity index (χ3n) is 5.53. The molecule has 1 unspecified atom stereocenters. The van der Waals surface area contributed by atoms with Crippen LogP contribution in [-0.2, 0) is 0 Å². The summed E-state index contributed by atoms with van der Waals surface area (Å²) in [6.07, 6.45) is 0. The molecule has 0 aliphatic carbocycles. The quantitative estimate of drug-likeness (QED) is 0.557. The second-order valence-electron chi connectivity index (χ2n) is 7.77. The molecule has 0 aromatic heterocycles. The third-order valence-corrected chi connectivity index (χ3v) is 5.53. The number of hydrogen-bond acceptors (Lipinski definition) is 6. The van der Waals surface area contributed by atoms with Gasteiger partial charge in [0.05, 0.1) is 10.5 Å². The van der Waals surface area contributed by atoms with Crippen molar-refractivity contribution in [1.29, 1.82) is 0 Å². The van der Waals surface area contributed by atoms with E-state index in [0.717, 1.165) is 26.2 Å². The minimum atomic E-state index is -0.481. The zero-order valence-corrected chi connectivity index (χ0v) is 17.7. The summed E-state index contributed by atoms with van der Waals surface area (Å²) in [5, 5.41) is 14.1. The van der Waals surface area contributed by atoms with Crippen molar-refractivity contribution in [2.24, 2.45) is 0 Å². The average Bonchev–Trinajstić information content (AvgIpc) is 2.77. The first-order valence-corrected chi connectivity index (χ1v) is 10.1. The van der Waals surface area contributed by atoms with Gasteiger partial charge in [-0.1, -0.05) is 18.2 Å². The second kappa shape index (κ2) is 9.58. The van der Waals surface area contributed by atoms with E-state index in [1.54, 1.807) is 11.0 Å². The molecule has 0 bridgehead atoms. The molecule has 8 nitrogen and oxygen atoms in total. The number of rotatable bonds is 7. The molecule has 1 atom stereocenters. The molecule has 160 valence electrons. The van der Waals surface area contributed by atoms with Crippen LogP contribution >= 0.6 is 0 Å². The normalized spacial score (nSPS) is 15.5. The smallest absolute Gasteiger partial charge is 0.270 e. The lowest BCUT2D eigenvalue weighted by Crippen LogP contribution is -2.52. The lowest BCUT2D eigenvalue weighted by atomic mass is 10.1. The van der Waals surface area contributed by atoms with Gasteiger partial charge in [-0.05, 0) is 25.1 Å². The Morgan fingerprint density at radius 2 is 1.80 bits per heavy atom. The number of benzene rings is 2. The average molecular weight is 412 g/mol. The van der Waals surface area contributed by atoms with Gasteiger partial charge in [0.25, 0.3) is 11.6 Å². The zero-order chi connectivity index (χ0) is 21.7. The van der Waals surface area contributed by atoms with Crippen LogP contribution in [0.2, 0.25) is 0 Å². The van der Waals surface area contributed by atoms with Crippen LogP contribution in [0, 0.1) is 10.1 Å². The molecule has 1 fully saturated rings. The van der Waals surface area contributed by atoms with E-state index >= 15 is 0 Å². The van der Waals surface area contributed by atoms with Crippen LogP contribution in [-0.4, -0.2) is 68.6 Å². The number of anilines is 2. The van der Waals surface area contributed by atoms with E-state index < -0.39 is 4.92 Å². The molecule has 1 heterocycles. The Labute approximate surface area is 177 Å². The maximum Gasteiger partial charge on any atom is 0.270 e. The van der Waals surface area contributed by atoms with Crippen molar-refractivity contribution in [2.45, 2.75) is 13.0 Å². The standard InChI is InChI=1S/C22H29N5O3/c1-17(25-11-13-26(14-12-25)18-7-5-4-6-8-18)16-23-22(28)20-15-19(27(29)30)9-10-21(20)24(2)3/h4-10,15,17H,11-14,16H2,1-3H3,(H,23,28). The Morgan fingerprint density at radius 3 is 2.40 bits per heavy atom. The topological polar surface area (TPSA) is 82.0 Å². The molecule has 3 rings (SSSR count). The van der Waals surface area contributed by atoms with E-state index in [9.17, 15) is 14.9 Å². The van der Waals surface area contributed by atoms with Crippen molar-refractivity contribution in [3.8, 4) is 0 Å². The predicted molar refractivity (Wildman–Crippen MR) is 119 cm³/mol. The highest BCUT2D eigenvalue weighted by Crippen LogP contribution is 2.24.